The molecule has 2 rings (SSSR count). The summed E-state index contributed by atoms with van der Waals surface area (Å²) in [5.41, 5.74) is 3.80. The third-order valence-corrected chi connectivity index (χ3v) is 2.58. The molecule has 0 fully saturated rings. The topological polar surface area (TPSA) is 60.4 Å². The first-order chi connectivity index (χ1) is 7.33. The predicted molar refractivity (Wildman–Crippen MR) is 56.8 cm³/mol. The van der Waals surface area contributed by atoms with Crippen molar-refractivity contribution < 1.29 is 9.15 Å². The van der Waals surface area contributed by atoms with E-state index >= 15 is 0 Å². The number of allylic oxidation sites excluding steroid dienone is 1. The smallest absolute Gasteiger partial charge is 0.136 e. The summed E-state index contributed by atoms with van der Waals surface area (Å²) in [4.78, 5) is 0. The maximum atomic E-state index is 5.57. The van der Waals surface area contributed by atoms with Crippen LogP contribution in [0.4, 0.5) is 0 Å². The Kier molecular flexibility index (Phi) is 3.08. The van der Waals surface area contributed by atoms with E-state index in [9.17, 15) is 0 Å². The molecule has 0 saturated heterocycles. The van der Waals surface area contributed by atoms with Gasteiger partial charge in [-0.2, -0.15) is 0 Å². The first-order valence-corrected chi connectivity index (χ1v) is 5.16. The second kappa shape index (κ2) is 4.51. The number of hydrogen-bond acceptors (Lipinski definition) is 4. The van der Waals surface area contributed by atoms with Gasteiger partial charge in [-0.05, 0) is 37.5 Å². The lowest BCUT2D eigenvalue weighted by molar-refractivity contribution is 0.161. The van der Waals surface area contributed by atoms with Crippen LogP contribution in [0.25, 0.3) is 0 Å². The van der Waals surface area contributed by atoms with Crippen LogP contribution < -0.4 is 11.3 Å². The van der Waals surface area contributed by atoms with Gasteiger partial charge in [0.1, 0.15) is 17.6 Å². The van der Waals surface area contributed by atoms with Crippen molar-refractivity contribution in [2.75, 3.05) is 6.61 Å². The van der Waals surface area contributed by atoms with Gasteiger partial charge in [-0.3, -0.25) is 5.84 Å². The van der Waals surface area contributed by atoms with Gasteiger partial charge in [-0.1, -0.05) is 0 Å². The van der Waals surface area contributed by atoms with E-state index in [-0.39, 0.29) is 6.04 Å². The van der Waals surface area contributed by atoms with Crippen molar-refractivity contribution in [3.8, 4) is 0 Å². The molecule has 1 aliphatic rings. The van der Waals surface area contributed by atoms with Gasteiger partial charge < -0.3 is 9.15 Å². The van der Waals surface area contributed by atoms with Crippen LogP contribution in [0.15, 0.2) is 28.6 Å². The summed E-state index contributed by atoms with van der Waals surface area (Å²) in [6, 6.07) is 1.75. The maximum absolute atomic E-state index is 5.57. The van der Waals surface area contributed by atoms with E-state index in [4.69, 9.17) is 15.0 Å². The largest absolute Gasteiger partial charge is 0.496 e. The number of aryl methyl sites for hydroxylation is 1. The van der Waals surface area contributed by atoms with Crippen molar-refractivity contribution in [1.82, 2.24) is 5.43 Å². The molecule has 2 heterocycles. The molecule has 1 aromatic heterocycles. The number of nitrogens with one attached hydrogen (secondary N) is 1. The molecule has 15 heavy (non-hydrogen) atoms. The summed E-state index contributed by atoms with van der Waals surface area (Å²) in [5, 5.41) is 0. The molecule has 4 nitrogen and oxygen atoms in total. The molecule has 1 aliphatic heterocycles. The number of ether oxygens (including phenoxy) is 1. The molecule has 0 saturated carbocycles. The van der Waals surface area contributed by atoms with Gasteiger partial charge in [0.05, 0.1) is 12.9 Å². The Morgan fingerprint density at radius 3 is 2.93 bits per heavy atom. The van der Waals surface area contributed by atoms with Crippen molar-refractivity contribution in [3.63, 3.8) is 0 Å². The molecule has 0 amide bonds. The minimum Gasteiger partial charge on any atom is -0.496 e. The van der Waals surface area contributed by atoms with E-state index in [1.54, 1.807) is 6.26 Å². The average Bonchev–Trinajstić information content (AvgIpc) is 2.68. The van der Waals surface area contributed by atoms with E-state index in [1.807, 2.05) is 13.0 Å². The molecule has 0 spiro atoms. The third-order valence-electron chi connectivity index (χ3n) is 2.58. The number of hydrazine groups is 1. The minimum absolute atomic E-state index is 0.166. The van der Waals surface area contributed by atoms with Crippen LogP contribution in [0.3, 0.4) is 0 Å². The normalized spacial score (nSPS) is 18.1. The Hall–Kier alpha value is -1.26. The van der Waals surface area contributed by atoms with Gasteiger partial charge >= 0.3 is 0 Å². The molecule has 1 aromatic rings. The van der Waals surface area contributed by atoms with E-state index in [0.29, 0.717) is 0 Å². The average molecular weight is 208 g/mol. The van der Waals surface area contributed by atoms with Crippen molar-refractivity contribution >= 4 is 0 Å². The van der Waals surface area contributed by atoms with Crippen LogP contribution in [0.1, 0.15) is 30.2 Å². The fourth-order valence-electron chi connectivity index (χ4n) is 1.74. The van der Waals surface area contributed by atoms with Crippen molar-refractivity contribution in [2.45, 2.75) is 25.8 Å². The van der Waals surface area contributed by atoms with Crippen LogP contribution in [0, 0.1) is 6.92 Å². The van der Waals surface area contributed by atoms with Crippen molar-refractivity contribution in [2.24, 2.45) is 5.84 Å². The van der Waals surface area contributed by atoms with Crippen LogP contribution in [-0.2, 0) is 4.74 Å². The monoisotopic (exact) mass is 208 g/mol. The van der Waals surface area contributed by atoms with E-state index in [0.717, 1.165) is 36.5 Å². The van der Waals surface area contributed by atoms with Gasteiger partial charge in [0.15, 0.2) is 0 Å². The first kappa shape index (κ1) is 10.3. The number of furan rings is 1. The highest BCUT2D eigenvalue weighted by Gasteiger charge is 2.22. The molecule has 0 radical (unpaired) electrons. The minimum atomic E-state index is -0.166. The highest BCUT2D eigenvalue weighted by molar-refractivity contribution is 5.24. The van der Waals surface area contributed by atoms with Gasteiger partial charge in [0, 0.05) is 0 Å². The van der Waals surface area contributed by atoms with Crippen LogP contribution in [-0.4, -0.2) is 6.61 Å². The molecule has 1 unspecified atom stereocenters. The molecular weight excluding hydrogens is 192 g/mol. The highest BCUT2D eigenvalue weighted by Crippen LogP contribution is 2.27. The fourth-order valence-corrected chi connectivity index (χ4v) is 1.74. The molecule has 3 N–H and O–H groups in total. The summed E-state index contributed by atoms with van der Waals surface area (Å²) in [6.07, 6.45) is 5.83. The van der Waals surface area contributed by atoms with Gasteiger partial charge in [0.2, 0.25) is 0 Å². The Bertz CT molecular complexity index is 357. The lowest BCUT2D eigenvalue weighted by Crippen LogP contribution is -2.31. The second-order valence-electron chi connectivity index (χ2n) is 3.66. The summed E-state index contributed by atoms with van der Waals surface area (Å²) in [6.45, 7) is 2.75. The Labute approximate surface area is 89.1 Å². The second-order valence-corrected chi connectivity index (χ2v) is 3.66. The fraction of sp³-hybridized carbons (Fsp3) is 0.455. The molecule has 0 aliphatic carbocycles. The molecular formula is C11H16N2O2. The molecule has 4 heteroatoms. The van der Waals surface area contributed by atoms with Gasteiger partial charge in [-0.25, -0.2) is 5.43 Å². The maximum Gasteiger partial charge on any atom is 0.136 e. The van der Waals surface area contributed by atoms with Gasteiger partial charge in [0.25, 0.3) is 0 Å². The number of nitrogens with two attached hydrogens (primary N) is 1. The zero-order valence-electron chi connectivity index (χ0n) is 8.82. The van der Waals surface area contributed by atoms with E-state index < -0.39 is 0 Å². The third kappa shape index (κ3) is 2.06. The summed E-state index contributed by atoms with van der Waals surface area (Å²) in [7, 11) is 0. The van der Waals surface area contributed by atoms with Crippen LogP contribution >= 0.6 is 0 Å². The summed E-state index contributed by atoms with van der Waals surface area (Å²) < 4.78 is 11.0. The molecule has 0 bridgehead atoms. The van der Waals surface area contributed by atoms with E-state index in [1.165, 1.54) is 0 Å². The summed E-state index contributed by atoms with van der Waals surface area (Å²) >= 11 is 0. The van der Waals surface area contributed by atoms with Crippen molar-refractivity contribution in [1.29, 1.82) is 0 Å². The molecule has 0 aromatic carbocycles. The van der Waals surface area contributed by atoms with Crippen LogP contribution in [0.2, 0.25) is 0 Å². The highest BCUT2D eigenvalue weighted by atomic mass is 16.5. The Balaban J connectivity index is 2.24. The Morgan fingerprint density at radius 2 is 2.40 bits per heavy atom. The SMILES string of the molecule is Cc1ccoc1C(NN)C1=CCCCO1. The quantitative estimate of drug-likeness (QED) is 0.587. The number of hydrogen-bond donors (Lipinski definition) is 2. The number of rotatable bonds is 3. The lowest BCUT2D eigenvalue weighted by atomic mass is 10.1. The predicted octanol–water partition coefficient (Wildman–Crippen LogP) is 1.79. The van der Waals surface area contributed by atoms with Crippen LogP contribution in [0.5, 0.6) is 0 Å². The molecule has 1 atom stereocenters. The molecule has 82 valence electrons. The standard InChI is InChI=1S/C11H16N2O2/c1-8-5-7-15-11(8)10(13-12)9-4-2-3-6-14-9/h4-5,7,10,13H,2-3,6,12H2,1H3. The lowest BCUT2D eigenvalue weighted by Gasteiger charge is -2.22. The van der Waals surface area contributed by atoms with E-state index in [2.05, 4.69) is 11.5 Å². The van der Waals surface area contributed by atoms with Gasteiger partial charge in [-0.15, -0.1) is 0 Å². The zero-order valence-corrected chi connectivity index (χ0v) is 8.82. The van der Waals surface area contributed by atoms with Crippen molar-refractivity contribution in [3.05, 3.63) is 35.5 Å². The Morgan fingerprint density at radius 1 is 1.53 bits per heavy atom. The zero-order chi connectivity index (χ0) is 10.7. The summed E-state index contributed by atoms with van der Waals surface area (Å²) in [5.74, 6) is 7.22. The first-order valence-electron chi connectivity index (χ1n) is 5.16.